The molecular formula is C20H30N2O3S. The van der Waals surface area contributed by atoms with Gasteiger partial charge in [0.05, 0.1) is 4.90 Å². The molecule has 0 radical (unpaired) electrons. The monoisotopic (exact) mass is 378 g/mol. The van der Waals surface area contributed by atoms with Crippen LogP contribution in [-0.2, 0) is 10.0 Å². The minimum absolute atomic E-state index is 0.0471. The van der Waals surface area contributed by atoms with Gasteiger partial charge in [-0.3, -0.25) is 4.79 Å². The van der Waals surface area contributed by atoms with Crippen LogP contribution < -0.4 is 0 Å². The molecule has 0 N–H and O–H groups in total. The van der Waals surface area contributed by atoms with E-state index in [2.05, 4.69) is 13.8 Å². The van der Waals surface area contributed by atoms with E-state index in [0.29, 0.717) is 37.2 Å². The fraction of sp³-hybridized carbons (Fsp3) is 0.650. The Bertz CT molecular complexity index is 733. The number of carbonyl (C=O) groups excluding carboxylic acids is 1. The Balaban J connectivity index is 1.83. The van der Waals surface area contributed by atoms with Gasteiger partial charge in [0.1, 0.15) is 0 Å². The van der Waals surface area contributed by atoms with E-state index in [-0.39, 0.29) is 10.8 Å². The molecule has 1 saturated carbocycles. The van der Waals surface area contributed by atoms with E-state index in [1.54, 1.807) is 28.6 Å². The number of hydrogen-bond acceptors (Lipinski definition) is 3. The lowest BCUT2D eigenvalue weighted by Crippen LogP contribution is -2.36. The Hall–Kier alpha value is -1.40. The topological polar surface area (TPSA) is 57.7 Å². The molecule has 6 heteroatoms. The zero-order valence-corrected chi connectivity index (χ0v) is 16.7. The van der Waals surface area contributed by atoms with E-state index in [4.69, 9.17) is 0 Å². The van der Waals surface area contributed by atoms with Crippen LogP contribution in [0.15, 0.2) is 29.2 Å². The van der Waals surface area contributed by atoms with Gasteiger partial charge in [-0.2, -0.15) is 4.31 Å². The molecule has 1 amide bonds. The number of hydrogen-bond donors (Lipinski definition) is 0. The van der Waals surface area contributed by atoms with Gasteiger partial charge in [-0.25, -0.2) is 8.42 Å². The van der Waals surface area contributed by atoms with Crippen molar-refractivity contribution < 1.29 is 13.2 Å². The van der Waals surface area contributed by atoms with E-state index in [9.17, 15) is 13.2 Å². The minimum atomic E-state index is -3.53. The molecular weight excluding hydrogens is 348 g/mol. The Morgan fingerprint density at radius 1 is 1.15 bits per heavy atom. The van der Waals surface area contributed by atoms with Crippen LogP contribution in [0.4, 0.5) is 0 Å². The van der Waals surface area contributed by atoms with Gasteiger partial charge in [-0.15, -0.1) is 0 Å². The van der Waals surface area contributed by atoms with Crippen molar-refractivity contribution in [3.8, 4) is 0 Å². The van der Waals surface area contributed by atoms with Gasteiger partial charge in [0.25, 0.3) is 5.91 Å². The molecule has 1 saturated heterocycles. The lowest BCUT2D eigenvalue weighted by Gasteiger charge is -2.25. The van der Waals surface area contributed by atoms with Gasteiger partial charge in [0.2, 0.25) is 10.0 Å². The molecule has 3 rings (SSSR count). The molecule has 26 heavy (non-hydrogen) atoms. The van der Waals surface area contributed by atoms with Gasteiger partial charge in [0.15, 0.2) is 0 Å². The highest BCUT2D eigenvalue weighted by Gasteiger charge is 2.34. The van der Waals surface area contributed by atoms with Crippen molar-refractivity contribution >= 4 is 15.9 Å². The lowest BCUT2D eigenvalue weighted by atomic mass is 10.1. The molecule has 144 valence electrons. The largest absolute Gasteiger partial charge is 0.335 e. The summed E-state index contributed by atoms with van der Waals surface area (Å²) in [7, 11) is -3.53. The molecule has 0 unspecified atom stereocenters. The first-order valence-electron chi connectivity index (χ1n) is 9.81. The molecule has 2 aliphatic rings. The Kier molecular flexibility index (Phi) is 6.03. The summed E-state index contributed by atoms with van der Waals surface area (Å²) >= 11 is 0. The van der Waals surface area contributed by atoms with Crippen molar-refractivity contribution in [1.82, 2.24) is 9.21 Å². The van der Waals surface area contributed by atoms with Crippen LogP contribution in [0, 0.1) is 5.92 Å². The molecule has 0 aromatic heterocycles. The summed E-state index contributed by atoms with van der Waals surface area (Å²) in [4.78, 5) is 15.1. The summed E-state index contributed by atoms with van der Waals surface area (Å²) in [5.74, 6) is 0.345. The molecule has 0 atom stereocenters. The van der Waals surface area contributed by atoms with Crippen molar-refractivity contribution in [3.63, 3.8) is 0 Å². The van der Waals surface area contributed by atoms with Gasteiger partial charge in [-0.1, -0.05) is 32.8 Å². The average molecular weight is 379 g/mol. The molecule has 1 aliphatic heterocycles. The number of carbonyl (C=O) groups is 1. The van der Waals surface area contributed by atoms with E-state index in [1.165, 1.54) is 0 Å². The smallest absolute Gasteiger partial charge is 0.254 e. The molecule has 1 aromatic carbocycles. The van der Waals surface area contributed by atoms with Crippen LogP contribution in [0.5, 0.6) is 0 Å². The molecule has 1 aliphatic carbocycles. The Labute approximate surface area is 157 Å². The van der Waals surface area contributed by atoms with Gasteiger partial charge in [0, 0.05) is 31.2 Å². The Morgan fingerprint density at radius 3 is 2.38 bits per heavy atom. The van der Waals surface area contributed by atoms with E-state index in [1.807, 2.05) is 4.90 Å². The van der Waals surface area contributed by atoms with Crippen molar-refractivity contribution in [3.05, 3.63) is 29.8 Å². The van der Waals surface area contributed by atoms with Crippen LogP contribution in [0.25, 0.3) is 0 Å². The van der Waals surface area contributed by atoms with Crippen LogP contribution in [0.3, 0.4) is 0 Å². The molecule has 1 aromatic rings. The number of rotatable bonds is 6. The quantitative estimate of drug-likeness (QED) is 0.761. The van der Waals surface area contributed by atoms with Crippen molar-refractivity contribution in [2.45, 2.75) is 63.3 Å². The first-order valence-corrected chi connectivity index (χ1v) is 11.2. The predicted octanol–water partition coefficient (Wildman–Crippen LogP) is 3.51. The normalized spacial score (nSPS) is 19.3. The second kappa shape index (κ2) is 8.09. The third-order valence-electron chi connectivity index (χ3n) is 5.09. The standard InChI is InChI=1S/C20H30N2O3S/c1-16(2)15-22(18-10-11-18)20(23)17-8-7-9-19(14-17)26(24,25)21-12-5-3-4-6-13-21/h7-9,14,16,18H,3-6,10-13,15H2,1-2H3. The minimum Gasteiger partial charge on any atom is -0.335 e. The molecule has 0 bridgehead atoms. The zero-order chi connectivity index (χ0) is 18.7. The predicted molar refractivity (Wildman–Crippen MR) is 103 cm³/mol. The average Bonchev–Trinajstić information content (AvgIpc) is 3.45. The number of nitrogens with zero attached hydrogens (tertiary/aromatic N) is 2. The Morgan fingerprint density at radius 2 is 1.81 bits per heavy atom. The van der Waals surface area contributed by atoms with Gasteiger partial charge in [-0.05, 0) is 49.8 Å². The fourth-order valence-electron chi connectivity index (χ4n) is 3.56. The number of amides is 1. The van der Waals surface area contributed by atoms with Gasteiger partial charge >= 0.3 is 0 Å². The third-order valence-corrected chi connectivity index (χ3v) is 6.99. The lowest BCUT2D eigenvalue weighted by molar-refractivity contribution is 0.0722. The highest BCUT2D eigenvalue weighted by atomic mass is 32.2. The van der Waals surface area contributed by atoms with Crippen molar-refractivity contribution in [1.29, 1.82) is 0 Å². The highest BCUT2D eigenvalue weighted by Crippen LogP contribution is 2.30. The van der Waals surface area contributed by atoms with Crippen LogP contribution in [-0.4, -0.2) is 49.2 Å². The van der Waals surface area contributed by atoms with Crippen LogP contribution in [0.1, 0.15) is 62.7 Å². The van der Waals surface area contributed by atoms with Gasteiger partial charge < -0.3 is 4.90 Å². The van der Waals surface area contributed by atoms with E-state index >= 15 is 0 Å². The zero-order valence-electron chi connectivity index (χ0n) is 15.9. The summed E-state index contributed by atoms with van der Waals surface area (Å²) in [5, 5.41) is 0. The number of sulfonamides is 1. The highest BCUT2D eigenvalue weighted by molar-refractivity contribution is 7.89. The van der Waals surface area contributed by atoms with Crippen LogP contribution >= 0.6 is 0 Å². The summed E-state index contributed by atoms with van der Waals surface area (Å²) in [5.41, 5.74) is 0.480. The van der Waals surface area contributed by atoms with E-state index < -0.39 is 10.0 Å². The van der Waals surface area contributed by atoms with E-state index in [0.717, 1.165) is 38.5 Å². The first kappa shape index (κ1) is 19.4. The maximum atomic E-state index is 13.0. The SMILES string of the molecule is CC(C)CN(C(=O)c1cccc(S(=O)(=O)N2CCCCCC2)c1)C1CC1. The fourth-order valence-corrected chi connectivity index (χ4v) is 5.13. The summed E-state index contributed by atoms with van der Waals surface area (Å²) < 4.78 is 27.6. The summed E-state index contributed by atoms with van der Waals surface area (Å²) in [6, 6.07) is 6.92. The third kappa shape index (κ3) is 4.46. The number of benzene rings is 1. The molecule has 5 nitrogen and oxygen atoms in total. The summed E-state index contributed by atoms with van der Waals surface area (Å²) in [6.45, 7) is 6.06. The molecule has 0 spiro atoms. The second-order valence-electron chi connectivity index (χ2n) is 7.93. The maximum Gasteiger partial charge on any atom is 0.254 e. The molecule has 1 heterocycles. The summed E-state index contributed by atoms with van der Waals surface area (Å²) in [6.07, 6.45) is 6.06. The molecule has 2 fully saturated rings. The van der Waals surface area contributed by atoms with Crippen molar-refractivity contribution in [2.75, 3.05) is 19.6 Å². The first-order chi connectivity index (χ1) is 12.4. The van der Waals surface area contributed by atoms with Crippen molar-refractivity contribution in [2.24, 2.45) is 5.92 Å². The maximum absolute atomic E-state index is 13.0. The van der Waals surface area contributed by atoms with Crippen LogP contribution in [0.2, 0.25) is 0 Å². The second-order valence-corrected chi connectivity index (χ2v) is 9.87.